The van der Waals surface area contributed by atoms with Gasteiger partial charge in [0.2, 0.25) is 5.82 Å². The monoisotopic (exact) mass is 253 g/mol. The second-order valence-corrected chi connectivity index (χ2v) is 4.06. The molecule has 2 rings (SSSR count). The molecule has 0 unspecified atom stereocenters. The zero-order valence-corrected chi connectivity index (χ0v) is 9.68. The molecule has 0 saturated carbocycles. The van der Waals surface area contributed by atoms with Gasteiger partial charge in [0.25, 0.3) is 4.96 Å². The van der Waals surface area contributed by atoms with E-state index in [1.165, 1.54) is 15.7 Å². The molecule has 0 atom stereocenters. The number of nitrogens with two attached hydrogens (primary N) is 1. The first-order chi connectivity index (χ1) is 8.24. The molecular weight excluding hydrogens is 242 g/mol. The van der Waals surface area contributed by atoms with Crippen molar-refractivity contribution in [2.24, 2.45) is 5.73 Å². The van der Waals surface area contributed by atoms with Crippen molar-refractivity contribution < 1.29 is 4.92 Å². The number of anilines is 1. The highest BCUT2D eigenvalue weighted by molar-refractivity contribution is 7.15. The summed E-state index contributed by atoms with van der Waals surface area (Å²) in [6, 6.07) is 0. The van der Waals surface area contributed by atoms with E-state index in [0.29, 0.717) is 18.1 Å². The van der Waals surface area contributed by atoms with Gasteiger partial charge in [-0.15, -0.1) is 0 Å². The van der Waals surface area contributed by atoms with E-state index in [9.17, 15) is 10.1 Å². The Hall–Kier alpha value is -1.93. The van der Waals surface area contributed by atoms with E-state index < -0.39 is 4.92 Å². The Morgan fingerprint density at radius 3 is 3.18 bits per heavy atom. The predicted octanol–water partition coefficient (Wildman–Crippen LogP) is 1.23. The van der Waals surface area contributed by atoms with Crippen molar-refractivity contribution in [3.05, 3.63) is 33.8 Å². The number of fused-ring (bicyclic) bond motifs is 1. The Kier molecular flexibility index (Phi) is 3.35. The lowest BCUT2D eigenvalue weighted by molar-refractivity contribution is -0.389. The Labute approximate surface area is 101 Å². The predicted molar refractivity (Wildman–Crippen MR) is 66.4 cm³/mol. The van der Waals surface area contributed by atoms with Crippen molar-refractivity contribution in [3.63, 3.8) is 0 Å². The molecule has 2 heterocycles. The number of nitrogens with zero attached hydrogens (tertiary/aromatic N) is 3. The maximum atomic E-state index is 11.0. The second-order valence-electron chi connectivity index (χ2n) is 3.18. The lowest BCUT2D eigenvalue weighted by Gasteiger charge is -1.98. The molecule has 17 heavy (non-hydrogen) atoms. The Morgan fingerprint density at radius 2 is 2.47 bits per heavy atom. The zero-order chi connectivity index (χ0) is 12.3. The largest absolute Gasteiger partial charge is 0.372 e. The van der Waals surface area contributed by atoms with Gasteiger partial charge in [0, 0.05) is 18.5 Å². The standard InChI is InChI=1S/C9H11N5O2S/c10-3-1-2-4-11-7-8(14(15)16)13-5-6-17-9(13)12-7/h1-2,5-6,11H,3-4,10H2/b2-1+. The van der Waals surface area contributed by atoms with Gasteiger partial charge >= 0.3 is 5.82 Å². The summed E-state index contributed by atoms with van der Waals surface area (Å²) in [4.78, 5) is 15.3. The fourth-order valence-electron chi connectivity index (χ4n) is 1.40. The van der Waals surface area contributed by atoms with E-state index in [1.807, 2.05) is 0 Å². The van der Waals surface area contributed by atoms with Crippen molar-refractivity contribution in [2.45, 2.75) is 0 Å². The fraction of sp³-hybridized carbons (Fsp3) is 0.222. The molecule has 0 fully saturated rings. The molecular formula is C9H11N5O2S. The third kappa shape index (κ3) is 2.27. The first kappa shape index (κ1) is 11.6. The summed E-state index contributed by atoms with van der Waals surface area (Å²) in [6.07, 6.45) is 5.21. The van der Waals surface area contributed by atoms with Crippen molar-refractivity contribution in [1.29, 1.82) is 0 Å². The molecule has 0 amide bonds. The topological polar surface area (TPSA) is 98.5 Å². The van der Waals surface area contributed by atoms with Crippen LogP contribution in [0.5, 0.6) is 0 Å². The quantitative estimate of drug-likeness (QED) is 0.474. The number of hydrogen-bond donors (Lipinski definition) is 2. The molecule has 2 aromatic heterocycles. The third-order valence-electron chi connectivity index (χ3n) is 2.10. The summed E-state index contributed by atoms with van der Waals surface area (Å²) in [7, 11) is 0. The van der Waals surface area contributed by atoms with Crippen LogP contribution in [-0.4, -0.2) is 27.4 Å². The summed E-state index contributed by atoms with van der Waals surface area (Å²) in [5.74, 6) is 0.242. The molecule has 3 N–H and O–H groups in total. The number of imidazole rings is 1. The normalized spacial score (nSPS) is 11.4. The molecule has 0 aromatic carbocycles. The van der Waals surface area contributed by atoms with Crippen LogP contribution in [0.2, 0.25) is 0 Å². The van der Waals surface area contributed by atoms with E-state index in [1.54, 1.807) is 23.7 Å². The second kappa shape index (κ2) is 4.93. The van der Waals surface area contributed by atoms with Crippen LogP contribution in [-0.2, 0) is 0 Å². The van der Waals surface area contributed by atoms with Crippen molar-refractivity contribution >= 4 is 27.9 Å². The SMILES string of the molecule is NC/C=C/CNc1nc2sccn2c1[N+](=O)[O-]. The number of nitrogens with one attached hydrogen (secondary N) is 1. The summed E-state index contributed by atoms with van der Waals surface area (Å²) >= 11 is 1.35. The fourth-order valence-corrected chi connectivity index (χ4v) is 2.11. The van der Waals surface area contributed by atoms with Crippen LogP contribution < -0.4 is 11.1 Å². The van der Waals surface area contributed by atoms with E-state index >= 15 is 0 Å². The maximum absolute atomic E-state index is 11.0. The zero-order valence-electron chi connectivity index (χ0n) is 8.87. The minimum Gasteiger partial charge on any atom is -0.359 e. The highest BCUT2D eigenvalue weighted by atomic mass is 32.1. The van der Waals surface area contributed by atoms with Gasteiger partial charge in [0.05, 0.1) is 0 Å². The van der Waals surface area contributed by atoms with Crippen molar-refractivity contribution in [3.8, 4) is 0 Å². The van der Waals surface area contributed by atoms with Crippen LogP contribution in [0, 0.1) is 10.1 Å². The molecule has 0 aliphatic carbocycles. The first-order valence-corrected chi connectivity index (χ1v) is 5.81. The minimum atomic E-state index is -0.443. The lowest BCUT2D eigenvalue weighted by Crippen LogP contribution is -2.03. The van der Waals surface area contributed by atoms with E-state index in [0.717, 1.165) is 0 Å². The molecule has 2 aromatic rings. The maximum Gasteiger partial charge on any atom is 0.372 e. The third-order valence-corrected chi connectivity index (χ3v) is 2.86. The van der Waals surface area contributed by atoms with Crippen molar-refractivity contribution in [2.75, 3.05) is 18.4 Å². The number of nitro groups is 1. The van der Waals surface area contributed by atoms with Gasteiger partial charge in [0.1, 0.15) is 6.20 Å². The Bertz CT molecular complexity index is 559. The Morgan fingerprint density at radius 1 is 1.65 bits per heavy atom. The van der Waals surface area contributed by atoms with Gasteiger partial charge in [0.15, 0.2) is 0 Å². The molecule has 0 radical (unpaired) electrons. The van der Waals surface area contributed by atoms with Crippen LogP contribution in [0.25, 0.3) is 4.96 Å². The number of hydrogen-bond acceptors (Lipinski definition) is 6. The van der Waals surface area contributed by atoms with Gasteiger partial charge in [-0.25, -0.2) is 0 Å². The van der Waals surface area contributed by atoms with Crippen LogP contribution in [0.15, 0.2) is 23.7 Å². The highest BCUT2D eigenvalue weighted by Crippen LogP contribution is 2.27. The average Bonchev–Trinajstić information content (AvgIpc) is 2.83. The van der Waals surface area contributed by atoms with E-state index in [4.69, 9.17) is 5.73 Å². The Balaban J connectivity index is 2.26. The molecule has 7 nitrogen and oxygen atoms in total. The van der Waals surface area contributed by atoms with Gasteiger partial charge < -0.3 is 21.2 Å². The van der Waals surface area contributed by atoms with E-state index in [-0.39, 0.29) is 11.6 Å². The smallest absolute Gasteiger partial charge is 0.359 e. The molecule has 0 aliphatic rings. The highest BCUT2D eigenvalue weighted by Gasteiger charge is 2.22. The molecule has 0 aliphatic heterocycles. The van der Waals surface area contributed by atoms with Gasteiger partial charge in [-0.1, -0.05) is 23.5 Å². The van der Waals surface area contributed by atoms with E-state index in [2.05, 4.69) is 10.3 Å². The molecule has 8 heteroatoms. The van der Waals surface area contributed by atoms with Gasteiger partial charge in [-0.3, -0.25) is 0 Å². The summed E-state index contributed by atoms with van der Waals surface area (Å²) in [5.41, 5.74) is 5.29. The molecule has 0 saturated heterocycles. The van der Waals surface area contributed by atoms with Crippen LogP contribution in [0.4, 0.5) is 11.6 Å². The molecule has 0 spiro atoms. The van der Waals surface area contributed by atoms with Gasteiger partial charge in [-0.05, 0) is 4.92 Å². The van der Waals surface area contributed by atoms with Gasteiger partial charge in [-0.2, -0.15) is 9.38 Å². The number of rotatable bonds is 5. The molecule has 90 valence electrons. The van der Waals surface area contributed by atoms with Crippen LogP contribution >= 0.6 is 11.3 Å². The van der Waals surface area contributed by atoms with Crippen LogP contribution in [0.3, 0.4) is 0 Å². The summed E-state index contributed by atoms with van der Waals surface area (Å²) < 4.78 is 1.46. The first-order valence-electron chi connectivity index (χ1n) is 4.93. The summed E-state index contributed by atoms with van der Waals surface area (Å²) in [6.45, 7) is 0.908. The summed E-state index contributed by atoms with van der Waals surface area (Å²) in [5, 5.41) is 15.6. The molecule has 0 bridgehead atoms. The lowest BCUT2D eigenvalue weighted by atomic mass is 10.5. The minimum absolute atomic E-state index is 0.0394. The number of aromatic nitrogens is 2. The number of thiazole rings is 1. The average molecular weight is 253 g/mol. The van der Waals surface area contributed by atoms with Crippen molar-refractivity contribution in [1.82, 2.24) is 9.38 Å². The van der Waals surface area contributed by atoms with Crippen LogP contribution in [0.1, 0.15) is 0 Å².